The van der Waals surface area contributed by atoms with Crippen molar-refractivity contribution < 1.29 is 21.6 Å². The molecule has 2 aromatic rings. The van der Waals surface area contributed by atoms with Crippen LogP contribution >= 0.6 is 0 Å². The molecule has 2 N–H and O–H groups in total. The zero-order chi connectivity index (χ0) is 14.9. The SMILES string of the molecule is CCc1ncc(S(=O)(=O)Nc2cc(F)c(F)cc2F)[nH]1. The molecule has 20 heavy (non-hydrogen) atoms. The van der Waals surface area contributed by atoms with E-state index in [0.717, 1.165) is 6.20 Å². The number of anilines is 1. The second-order valence-electron chi connectivity index (χ2n) is 3.90. The monoisotopic (exact) mass is 305 g/mol. The van der Waals surface area contributed by atoms with Gasteiger partial charge >= 0.3 is 0 Å². The number of nitrogens with one attached hydrogen (secondary N) is 2. The van der Waals surface area contributed by atoms with E-state index >= 15 is 0 Å². The first kappa shape index (κ1) is 14.4. The number of H-pyrrole nitrogens is 1. The molecule has 0 amide bonds. The van der Waals surface area contributed by atoms with Crippen molar-refractivity contribution >= 4 is 15.7 Å². The summed E-state index contributed by atoms with van der Waals surface area (Å²) in [6.07, 6.45) is 1.54. The van der Waals surface area contributed by atoms with E-state index in [4.69, 9.17) is 0 Å². The fourth-order valence-corrected chi connectivity index (χ4v) is 2.46. The van der Waals surface area contributed by atoms with Gasteiger partial charge in [0.1, 0.15) is 11.6 Å². The fourth-order valence-electron chi connectivity index (χ4n) is 1.46. The van der Waals surface area contributed by atoms with Gasteiger partial charge in [0.25, 0.3) is 10.0 Å². The number of sulfonamides is 1. The zero-order valence-electron chi connectivity index (χ0n) is 10.2. The molecule has 0 saturated heterocycles. The molecule has 2 rings (SSSR count). The number of rotatable bonds is 4. The molecule has 0 atom stereocenters. The van der Waals surface area contributed by atoms with E-state index in [2.05, 4.69) is 9.97 Å². The van der Waals surface area contributed by atoms with Gasteiger partial charge in [0.2, 0.25) is 0 Å². The van der Waals surface area contributed by atoms with Crippen molar-refractivity contribution in [3.63, 3.8) is 0 Å². The van der Waals surface area contributed by atoms with E-state index in [0.29, 0.717) is 18.3 Å². The number of aromatic amines is 1. The molecule has 0 aliphatic carbocycles. The molecule has 0 fully saturated rings. The third-order valence-electron chi connectivity index (χ3n) is 2.48. The van der Waals surface area contributed by atoms with Crippen LogP contribution in [0.2, 0.25) is 0 Å². The molecule has 0 spiro atoms. The molecular weight excluding hydrogens is 295 g/mol. The molecule has 0 aliphatic rings. The Labute approximate surface area is 112 Å². The van der Waals surface area contributed by atoms with Crippen LogP contribution in [-0.4, -0.2) is 18.4 Å². The minimum absolute atomic E-state index is 0.262. The third kappa shape index (κ3) is 2.77. The molecular formula is C11H10F3N3O2S. The summed E-state index contributed by atoms with van der Waals surface area (Å²) in [7, 11) is -4.15. The number of hydrogen-bond donors (Lipinski definition) is 2. The van der Waals surface area contributed by atoms with Crippen LogP contribution in [0.3, 0.4) is 0 Å². The molecule has 0 saturated carbocycles. The summed E-state index contributed by atoms with van der Waals surface area (Å²) in [6.45, 7) is 1.76. The third-order valence-corrected chi connectivity index (χ3v) is 3.76. The van der Waals surface area contributed by atoms with E-state index in [-0.39, 0.29) is 11.1 Å². The van der Waals surface area contributed by atoms with Crippen molar-refractivity contribution in [1.29, 1.82) is 0 Å². The van der Waals surface area contributed by atoms with Gasteiger partial charge in [-0.3, -0.25) is 4.72 Å². The van der Waals surface area contributed by atoms with Gasteiger partial charge in [0.15, 0.2) is 16.7 Å². The second kappa shape index (κ2) is 5.16. The highest BCUT2D eigenvalue weighted by molar-refractivity contribution is 7.92. The fraction of sp³-hybridized carbons (Fsp3) is 0.182. The van der Waals surface area contributed by atoms with Gasteiger partial charge in [-0.25, -0.2) is 18.2 Å². The van der Waals surface area contributed by atoms with Crippen LogP contribution in [0.15, 0.2) is 23.4 Å². The van der Waals surface area contributed by atoms with Crippen molar-refractivity contribution in [3.8, 4) is 0 Å². The Hall–Kier alpha value is -2.03. The van der Waals surface area contributed by atoms with Crippen LogP contribution in [0.5, 0.6) is 0 Å². The maximum Gasteiger partial charge on any atom is 0.279 e. The van der Waals surface area contributed by atoms with Crippen LogP contribution in [0.25, 0.3) is 0 Å². The lowest BCUT2D eigenvalue weighted by Crippen LogP contribution is -2.15. The lowest BCUT2D eigenvalue weighted by Gasteiger charge is -2.07. The molecule has 0 bridgehead atoms. The molecule has 9 heteroatoms. The highest BCUT2D eigenvalue weighted by atomic mass is 32.2. The molecule has 0 radical (unpaired) electrons. The predicted molar refractivity (Wildman–Crippen MR) is 65.1 cm³/mol. The molecule has 1 heterocycles. The predicted octanol–water partition coefficient (Wildman–Crippen LogP) is 2.19. The van der Waals surface area contributed by atoms with Gasteiger partial charge in [-0.15, -0.1) is 0 Å². The summed E-state index contributed by atoms with van der Waals surface area (Å²) in [6, 6.07) is 0.691. The van der Waals surface area contributed by atoms with Crippen LogP contribution in [0.1, 0.15) is 12.7 Å². The Bertz CT molecular complexity index is 743. The smallest absolute Gasteiger partial charge is 0.279 e. The maximum absolute atomic E-state index is 13.4. The summed E-state index contributed by atoms with van der Waals surface area (Å²) >= 11 is 0. The molecule has 108 valence electrons. The Morgan fingerprint density at radius 2 is 1.85 bits per heavy atom. The largest absolute Gasteiger partial charge is 0.332 e. The van der Waals surface area contributed by atoms with Crippen LogP contribution in [0.4, 0.5) is 18.9 Å². The molecule has 5 nitrogen and oxygen atoms in total. The first-order chi connectivity index (χ1) is 9.33. The number of hydrogen-bond acceptors (Lipinski definition) is 3. The summed E-state index contributed by atoms with van der Waals surface area (Å²) in [5.41, 5.74) is -0.684. The minimum atomic E-state index is -4.15. The van der Waals surface area contributed by atoms with Gasteiger partial charge in [0.05, 0.1) is 11.9 Å². The summed E-state index contributed by atoms with van der Waals surface area (Å²) in [5.74, 6) is -3.55. The summed E-state index contributed by atoms with van der Waals surface area (Å²) < 4.78 is 64.8. The first-order valence-corrected chi connectivity index (χ1v) is 7.03. The summed E-state index contributed by atoms with van der Waals surface area (Å²) in [4.78, 5) is 6.31. The van der Waals surface area contributed by atoms with E-state index < -0.39 is 33.2 Å². The number of aromatic nitrogens is 2. The van der Waals surface area contributed by atoms with Crippen molar-refractivity contribution in [2.75, 3.05) is 4.72 Å². The Balaban J connectivity index is 2.35. The Kier molecular flexibility index (Phi) is 3.71. The standard InChI is InChI=1S/C11H10F3N3O2S/c1-2-10-15-5-11(16-10)20(18,19)17-9-4-7(13)6(12)3-8(9)14/h3-5,17H,2H2,1H3,(H,15,16). The topological polar surface area (TPSA) is 74.8 Å². The Morgan fingerprint density at radius 3 is 2.45 bits per heavy atom. The van der Waals surface area contributed by atoms with Gasteiger partial charge in [-0.1, -0.05) is 6.92 Å². The molecule has 0 aliphatic heterocycles. The lowest BCUT2D eigenvalue weighted by molar-refractivity contribution is 0.496. The van der Waals surface area contributed by atoms with Crippen LogP contribution in [0, 0.1) is 17.5 Å². The number of aryl methyl sites for hydroxylation is 1. The van der Waals surface area contributed by atoms with Gasteiger partial charge in [-0.2, -0.15) is 8.42 Å². The number of halogens is 3. The minimum Gasteiger partial charge on any atom is -0.332 e. The average molecular weight is 305 g/mol. The van der Waals surface area contributed by atoms with E-state index in [1.165, 1.54) is 0 Å². The quantitative estimate of drug-likeness (QED) is 0.850. The number of nitrogens with zero attached hydrogens (tertiary/aromatic N) is 1. The van der Waals surface area contributed by atoms with Gasteiger partial charge in [0, 0.05) is 18.6 Å². The summed E-state index contributed by atoms with van der Waals surface area (Å²) in [5, 5.41) is -0.293. The zero-order valence-corrected chi connectivity index (χ0v) is 11.1. The van der Waals surface area contributed by atoms with Crippen molar-refractivity contribution in [2.45, 2.75) is 18.4 Å². The maximum atomic E-state index is 13.4. The van der Waals surface area contributed by atoms with E-state index in [1.807, 2.05) is 4.72 Å². The average Bonchev–Trinajstić information content (AvgIpc) is 2.85. The molecule has 1 aromatic heterocycles. The normalized spacial score (nSPS) is 11.6. The van der Waals surface area contributed by atoms with Crippen molar-refractivity contribution in [3.05, 3.63) is 41.6 Å². The molecule has 0 unspecified atom stereocenters. The second-order valence-corrected chi connectivity index (χ2v) is 5.55. The van der Waals surface area contributed by atoms with Gasteiger partial charge in [-0.05, 0) is 0 Å². The number of benzene rings is 1. The van der Waals surface area contributed by atoms with Crippen molar-refractivity contribution in [2.24, 2.45) is 0 Å². The van der Waals surface area contributed by atoms with Crippen LogP contribution in [-0.2, 0) is 16.4 Å². The highest BCUT2D eigenvalue weighted by Crippen LogP contribution is 2.21. The van der Waals surface area contributed by atoms with Crippen LogP contribution < -0.4 is 4.72 Å². The Morgan fingerprint density at radius 1 is 1.20 bits per heavy atom. The number of imidazole rings is 1. The first-order valence-electron chi connectivity index (χ1n) is 5.54. The molecule has 1 aromatic carbocycles. The highest BCUT2D eigenvalue weighted by Gasteiger charge is 2.20. The van der Waals surface area contributed by atoms with Gasteiger partial charge < -0.3 is 4.98 Å². The lowest BCUT2D eigenvalue weighted by atomic mass is 10.3. The van der Waals surface area contributed by atoms with E-state index in [1.54, 1.807) is 6.92 Å². The van der Waals surface area contributed by atoms with Crippen molar-refractivity contribution in [1.82, 2.24) is 9.97 Å². The van der Waals surface area contributed by atoms with E-state index in [9.17, 15) is 21.6 Å².